The summed E-state index contributed by atoms with van der Waals surface area (Å²) in [5.41, 5.74) is 7.29. The van der Waals surface area contributed by atoms with E-state index in [-0.39, 0.29) is 38.0 Å². The quantitative estimate of drug-likeness (QED) is 0.143. The lowest BCUT2D eigenvalue weighted by molar-refractivity contribution is -0.140. The fourth-order valence-corrected chi connectivity index (χ4v) is 7.43. The van der Waals surface area contributed by atoms with Crippen LogP contribution in [0.15, 0.2) is 66.7 Å². The summed E-state index contributed by atoms with van der Waals surface area (Å²) in [6, 6.07) is 14.6. The van der Waals surface area contributed by atoms with Crippen LogP contribution in [0.2, 0.25) is 0 Å². The Morgan fingerprint density at radius 3 is 2.30 bits per heavy atom. The first-order valence-electron chi connectivity index (χ1n) is 18.1. The maximum absolute atomic E-state index is 13.8. The van der Waals surface area contributed by atoms with Gasteiger partial charge in [0.2, 0.25) is 27.7 Å². The normalized spacial score (nSPS) is 21.6. The number of benzene rings is 2. The number of allylic oxidation sites excluding steroid dienone is 2. The minimum atomic E-state index is -3.57. The summed E-state index contributed by atoms with van der Waals surface area (Å²) in [5, 5.41) is 4.75. The van der Waals surface area contributed by atoms with Crippen molar-refractivity contribution in [2.24, 2.45) is 17.6 Å². The van der Waals surface area contributed by atoms with E-state index < -0.39 is 69.0 Å². The summed E-state index contributed by atoms with van der Waals surface area (Å²) >= 11 is 0. The van der Waals surface area contributed by atoms with Crippen molar-refractivity contribution in [2.75, 3.05) is 25.1 Å². The molecule has 1 heterocycles. The van der Waals surface area contributed by atoms with Crippen molar-refractivity contribution in [1.29, 1.82) is 0 Å². The SMILES string of the molecule is CC(C)(C)OC(=O)N[C@@H](COCCC/C=C\[C@@H]1C[C@@H]1C(=O)NS(=O)(=O)C1CC1)C(=O)N1C[C@H](OC(=O)Nc2ccc(-c3ccccc3)cc2)C[C@H]1C(N)=O. The first-order valence-corrected chi connectivity index (χ1v) is 19.7. The van der Waals surface area contributed by atoms with Crippen LogP contribution in [0.1, 0.15) is 59.3 Å². The Balaban J connectivity index is 1.11. The predicted molar refractivity (Wildman–Crippen MR) is 199 cm³/mol. The van der Waals surface area contributed by atoms with E-state index in [0.717, 1.165) is 11.1 Å². The molecule has 5 amide bonds. The first kappa shape index (κ1) is 40.2. The van der Waals surface area contributed by atoms with Crippen molar-refractivity contribution < 1.29 is 46.6 Å². The third-order valence-corrected chi connectivity index (χ3v) is 10.9. The molecule has 1 saturated heterocycles. The molecule has 16 heteroatoms. The van der Waals surface area contributed by atoms with Crippen molar-refractivity contribution in [3.8, 4) is 11.1 Å². The highest BCUT2D eigenvalue weighted by molar-refractivity contribution is 7.90. The largest absolute Gasteiger partial charge is 0.444 e. The number of rotatable bonds is 16. The third-order valence-electron chi connectivity index (χ3n) is 9.09. The van der Waals surface area contributed by atoms with Crippen LogP contribution in [0.4, 0.5) is 15.3 Å². The van der Waals surface area contributed by atoms with Crippen LogP contribution in [-0.4, -0.2) is 92.0 Å². The van der Waals surface area contributed by atoms with Gasteiger partial charge in [0, 0.05) is 24.6 Å². The molecule has 3 aliphatic rings. The molecule has 5 atom stereocenters. The second-order valence-electron chi connectivity index (χ2n) is 14.8. The molecule has 292 valence electrons. The molecule has 2 aliphatic carbocycles. The zero-order chi connectivity index (χ0) is 39.0. The summed E-state index contributed by atoms with van der Waals surface area (Å²) in [4.78, 5) is 65.3. The Morgan fingerprint density at radius 2 is 1.65 bits per heavy atom. The number of carbonyl (C=O) groups excluding carboxylic acids is 5. The zero-order valence-corrected chi connectivity index (χ0v) is 31.5. The van der Waals surface area contributed by atoms with Crippen molar-refractivity contribution in [2.45, 2.75) is 88.3 Å². The Hall–Kier alpha value is -4.96. The van der Waals surface area contributed by atoms with Gasteiger partial charge in [-0.05, 0) is 82.1 Å². The average molecular weight is 768 g/mol. The van der Waals surface area contributed by atoms with Gasteiger partial charge in [-0.15, -0.1) is 0 Å². The highest BCUT2D eigenvalue weighted by Gasteiger charge is 2.45. The van der Waals surface area contributed by atoms with Gasteiger partial charge >= 0.3 is 12.2 Å². The number of primary amides is 1. The molecular weight excluding hydrogens is 719 g/mol. The minimum Gasteiger partial charge on any atom is -0.444 e. The second kappa shape index (κ2) is 17.5. The Kier molecular flexibility index (Phi) is 13.0. The van der Waals surface area contributed by atoms with Crippen molar-refractivity contribution in [1.82, 2.24) is 14.9 Å². The predicted octanol–water partition coefficient (Wildman–Crippen LogP) is 3.85. The lowest BCUT2D eigenvalue weighted by Gasteiger charge is -2.28. The number of ether oxygens (including phenoxy) is 3. The van der Waals surface area contributed by atoms with Crippen molar-refractivity contribution in [3.63, 3.8) is 0 Å². The molecule has 0 aromatic heterocycles. The standard InChI is InChI=1S/C38H49N5O10S/c1-38(2,3)53-37(48)41-31(23-51-19-9-5-8-12-26-20-30(26)34(45)42-54(49,50)29-17-18-29)35(46)43-22-28(21-32(43)33(39)44)52-36(47)40-27-15-13-25(14-16-27)24-10-6-4-7-11-24/h4,6-8,10-16,26,28-32H,5,9,17-23H2,1-3H3,(H2,39,44)(H,40,47)(H,41,48)(H,42,45)/b12-8-/t26-,28-,30+,31+,32+/m1/s1. The summed E-state index contributed by atoms with van der Waals surface area (Å²) in [6.07, 6.45) is 4.16. The lowest BCUT2D eigenvalue weighted by Crippen LogP contribution is -2.55. The monoisotopic (exact) mass is 767 g/mol. The fraction of sp³-hybridized carbons (Fsp3) is 0.500. The maximum Gasteiger partial charge on any atom is 0.411 e. The van der Waals surface area contributed by atoms with Gasteiger partial charge < -0.3 is 30.2 Å². The number of nitrogens with zero attached hydrogens (tertiary/aromatic N) is 1. The lowest BCUT2D eigenvalue weighted by atomic mass is 10.1. The summed E-state index contributed by atoms with van der Waals surface area (Å²) < 4.78 is 42.9. The average Bonchev–Trinajstić information content (AvgIpc) is 4.04. The van der Waals surface area contributed by atoms with Gasteiger partial charge in [-0.1, -0.05) is 54.6 Å². The second-order valence-corrected chi connectivity index (χ2v) is 16.8. The van der Waals surface area contributed by atoms with Crippen LogP contribution in [-0.2, 0) is 38.6 Å². The molecule has 3 fully saturated rings. The topological polar surface area (TPSA) is 213 Å². The van der Waals surface area contributed by atoms with Crippen LogP contribution >= 0.6 is 0 Å². The number of hydrogen-bond acceptors (Lipinski definition) is 10. The maximum atomic E-state index is 13.8. The van der Waals surface area contributed by atoms with E-state index in [4.69, 9.17) is 19.9 Å². The Labute approximate surface area is 315 Å². The number of hydrogen-bond donors (Lipinski definition) is 4. The highest BCUT2D eigenvalue weighted by Crippen LogP contribution is 2.40. The number of anilines is 1. The van der Waals surface area contributed by atoms with E-state index in [1.807, 2.05) is 54.6 Å². The summed E-state index contributed by atoms with van der Waals surface area (Å²) in [5.74, 6) is -2.30. The molecule has 1 aliphatic heterocycles. The van der Waals surface area contributed by atoms with Gasteiger partial charge in [-0.2, -0.15) is 0 Å². The van der Waals surface area contributed by atoms with E-state index in [0.29, 0.717) is 37.8 Å². The van der Waals surface area contributed by atoms with Crippen LogP contribution in [0.3, 0.4) is 0 Å². The molecule has 2 saturated carbocycles. The number of carbonyl (C=O) groups is 5. The van der Waals surface area contributed by atoms with Crippen molar-refractivity contribution >= 4 is 45.6 Å². The fourth-order valence-electron chi connectivity index (χ4n) is 6.08. The van der Waals surface area contributed by atoms with E-state index in [9.17, 15) is 32.4 Å². The van der Waals surface area contributed by atoms with E-state index in [2.05, 4.69) is 15.4 Å². The molecule has 15 nitrogen and oxygen atoms in total. The molecule has 0 spiro atoms. The molecular formula is C38H49N5O10S. The van der Waals surface area contributed by atoms with Crippen LogP contribution < -0.4 is 21.1 Å². The molecule has 0 unspecified atom stereocenters. The van der Waals surface area contributed by atoms with Gasteiger partial charge in [0.25, 0.3) is 0 Å². The number of alkyl carbamates (subject to hydrolysis) is 1. The number of sulfonamides is 1. The van der Waals surface area contributed by atoms with Gasteiger partial charge in [-0.25, -0.2) is 18.0 Å². The Morgan fingerprint density at radius 1 is 0.963 bits per heavy atom. The van der Waals surface area contributed by atoms with E-state index in [1.54, 1.807) is 32.9 Å². The zero-order valence-electron chi connectivity index (χ0n) is 30.7. The van der Waals surface area contributed by atoms with Gasteiger partial charge in [0.15, 0.2) is 0 Å². The molecule has 5 rings (SSSR count). The van der Waals surface area contributed by atoms with Crippen LogP contribution in [0, 0.1) is 11.8 Å². The van der Waals surface area contributed by atoms with Gasteiger partial charge in [-0.3, -0.25) is 24.4 Å². The number of likely N-dealkylation sites (tertiary alicyclic amines) is 1. The van der Waals surface area contributed by atoms with E-state index in [1.165, 1.54) is 4.90 Å². The van der Waals surface area contributed by atoms with Gasteiger partial charge in [0.1, 0.15) is 23.8 Å². The number of nitrogens with one attached hydrogen (secondary N) is 3. The van der Waals surface area contributed by atoms with Crippen LogP contribution in [0.25, 0.3) is 11.1 Å². The summed E-state index contributed by atoms with van der Waals surface area (Å²) in [7, 11) is -3.57. The molecule has 0 bridgehead atoms. The smallest absolute Gasteiger partial charge is 0.411 e. The van der Waals surface area contributed by atoms with Crippen molar-refractivity contribution in [3.05, 3.63) is 66.7 Å². The number of amides is 5. The van der Waals surface area contributed by atoms with Gasteiger partial charge in [0.05, 0.1) is 18.4 Å². The van der Waals surface area contributed by atoms with E-state index >= 15 is 0 Å². The number of unbranched alkanes of at least 4 members (excludes halogenated alkanes) is 1. The first-order chi connectivity index (χ1) is 25.6. The highest BCUT2D eigenvalue weighted by atomic mass is 32.2. The third kappa shape index (κ3) is 11.8. The molecule has 54 heavy (non-hydrogen) atoms. The Bertz CT molecular complexity index is 1810. The summed E-state index contributed by atoms with van der Waals surface area (Å²) in [6.45, 7) is 4.86. The van der Waals surface area contributed by atoms with Crippen LogP contribution in [0.5, 0.6) is 0 Å². The molecule has 2 aromatic rings. The number of nitrogens with two attached hydrogens (primary N) is 1. The molecule has 0 radical (unpaired) electrons. The minimum absolute atomic E-state index is 0.0237. The molecule has 5 N–H and O–H groups in total. The molecule has 2 aromatic carbocycles.